The van der Waals surface area contributed by atoms with Crippen LogP contribution in [0.3, 0.4) is 0 Å². The second-order valence-electron chi connectivity index (χ2n) is 6.05. The van der Waals surface area contributed by atoms with Crippen molar-refractivity contribution in [2.45, 2.75) is 5.54 Å². The average Bonchev–Trinajstić information content (AvgIpc) is 2.58. The summed E-state index contributed by atoms with van der Waals surface area (Å²) in [6.45, 7) is 0.812. The van der Waals surface area contributed by atoms with Gasteiger partial charge in [0.25, 0.3) is 5.56 Å². The Bertz CT molecular complexity index is 1030. The fourth-order valence-electron chi connectivity index (χ4n) is 2.89. The average molecular weight is 377 g/mol. The van der Waals surface area contributed by atoms with Gasteiger partial charge in [0.05, 0.1) is 46.2 Å². The number of rotatable bonds is 3. The third-order valence-corrected chi connectivity index (χ3v) is 5.09. The van der Waals surface area contributed by atoms with Gasteiger partial charge in [0.1, 0.15) is 5.54 Å². The molecule has 2 aromatic heterocycles. The Balaban J connectivity index is 1.78. The Morgan fingerprint density at radius 2 is 2.04 bits per heavy atom. The summed E-state index contributed by atoms with van der Waals surface area (Å²) >= 11 is 12.5. The highest BCUT2D eigenvalue weighted by atomic mass is 35.5. The van der Waals surface area contributed by atoms with Gasteiger partial charge in [-0.3, -0.25) is 9.78 Å². The normalized spacial score (nSPS) is 15.8. The Labute approximate surface area is 153 Å². The van der Waals surface area contributed by atoms with Gasteiger partial charge in [-0.2, -0.15) is 0 Å². The van der Waals surface area contributed by atoms with Crippen LogP contribution in [0, 0.1) is 0 Å². The van der Waals surface area contributed by atoms with E-state index in [0.29, 0.717) is 39.9 Å². The van der Waals surface area contributed by atoms with Gasteiger partial charge in [0.15, 0.2) is 0 Å². The maximum absolute atomic E-state index is 12.3. The van der Waals surface area contributed by atoms with Crippen molar-refractivity contribution in [3.05, 3.63) is 62.9 Å². The van der Waals surface area contributed by atoms with E-state index < -0.39 is 5.54 Å². The first-order chi connectivity index (χ1) is 12.0. The molecule has 0 spiro atoms. The molecule has 25 heavy (non-hydrogen) atoms. The third kappa shape index (κ3) is 2.66. The Hall–Kier alpha value is -2.15. The smallest absolute Gasteiger partial charge is 0.260 e. The second kappa shape index (κ2) is 5.98. The van der Waals surface area contributed by atoms with Crippen LogP contribution in [0.15, 0.2) is 41.6 Å². The van der Waals surface area contributed by atoms with E-state index in [1.54, 1.807) is 31.4 Å². The number of aryl methyl sites for hydroxylation is 1. The summed E-state index contributed by atoms with van der Waals surface area (Å²) in [5.74, 6) is 0. The fraction of sp³-hybridized carbons (Fsp3) is 0.235. The van der Waals surface area contributed by atoms with Crippen LogP contribution in [-0.4, -0.2) is 27.7 Å². The van der Waals surface area contributed by atoms with Gasteiger partial charge < -0.3 is 14.6 Å². The first-order valence-corrected chi connectivity index (χ1v) is 8.38. The zero-order valence-electron chi connectivity index (χ0n) is 13.3. The van der Waals surface area contributed by atoms with Crippen LogP contribution >= 0.6 is 23.2 Å². The maximum Gasteiger partial charge on any atom is 0.260 e. The molecule has 3 aromatic rings. The van der Waals surface area contributed by atoms with Gasteiger partial charge in [-0.25, -0.2) is 4.98 Å². The summed E-state index contributed by atoms with van der Waals surface area (Å²) in [6.07, 6.45) is 3.13. The summed E-state index contributed by atoms with van der Waals surface area (Å²) < 4.78 is 6.86. The van der Waals surface area contributed by atoms with Crippen molar-refractivity contribution in [1.29, 1.82) is 0 Å². The van der Waals surface area contributed by atoms with Crippen LogP contribution in [0.2, 0.25) is 10.0 Å². The van der Waals surface area contributed by atoms with Gasteiger partial charge in [0, 0.05) is 18.9 Å². The topological polar surface area (TPSA) is 69.0 Å². The molecular formula is C17H14Cl2N4O2. The molecule has 1 aromatic carbocycles. The predicted octanol–water partition coefficient (Wildman–Crippen LogP) is 2.97. The van der Waals surface area contributed by atoms with Crippen molar-refractivity contribution in [2.75, 3.05) is 18.5 Å². The summed E-state index contributed by atoms with van der Waals surface area (Å²) in [5, 5.41) is 4.79. The molecule has 0 amide bonds. The van der Waals surface area contributed by atoms with Crippen LogP contribution in [0.25, 0.3) is 10.9 Å². The van der Waals surface area contributed by atoms with E-state index in [2.05, 4.69) is 15.3 Å². The zero-order chi connectivity index (χ0) is 17.6. The number of hydrogen-bond donors (Lipinski definition) is 1. The van der Waals surface area contributed by atoms with Gasteiger partial charge in [-0.05, 0) is 24.3 Å². The molecule has 1 saturated heterocycles. The van der Waals surface area contributed by atoms with E-state index in [1.165, 1.54) is 10.9 Å². The number of anilines is 1. The molecule has 0 radical (unpaired) electrons. The number of nitrogens with zero attached hydrogens (tertiary/aromatic N) is 3. The number of benzene rings is 1. The Morgan fingerprint density at radius 1 is 1.24 bits per heavy atom. The van der Waals surface area contributed by atoms with E-state index in [9.17, 15) is 4.79 Å². The van der Waals surface area contributed by atoms with Gasteiger partial charge in [0.2, 0.25) is 0 Å². The van der Waals surface area contributed by atoms with Crippen molar-refractivity contribution in [2.24, 2.45) is 7.05 Å². The van der Waals surface area contributed by atoms with Crippen molar-refractivity contribution in [1.82, 2.24) is 14.5 Å². The highest BCUT2D eigenvalue weighted by molar-refractivity contribution is 6.42. The summed E-state index contributed by atoms with van der Waals surface area (Å²) in [5.41, 5.74) is 1.35. The molecule has 1 aliphatic heterocycles. The van der Waals surface area contributed by atoms with Crippen LogP contribution in [0.5, 0.6) is 0 Å². The predicted molar refractivity (Wildman–Crippen MR) is 97.4 cm³/mol. The lowest BCUT2D eigenvalue weighted by Crippen LogP contribution is -2.53. The van der Waals surface area contributed by atoms with Crippen molar-refractivity contribution in [3.63, 3.8) is 0 Å². The van der Waals surface area contributed by atoms with Gasteiger partial charge in [-0.15, -0.1) is 0 Å². The van der Waals surface area contributed by atoms with E-state index in [4.69, 9.17) is 27.9 Å². The standard InChI is InChI=1S/C17H14Cl2N4O2/c1-23-9-21-13-3-2-10(6-11(13)16(23)24)22-17(7-25-8-17)15-14(19)12(18)4-5-20-15/h2-6,9,22H,7-8H2,1H3. The molecule has 4 rings (SSSR count). The number of pyridine rings is 1. The Kier molecular flexibility index (Phi) is 3.91. The first kappa shape index (κ1) is 16.3. The molecule has 0 bridgehead atoms. The minimum Gasteiger partial charge on any atom is -0.376 e. The number of hydrogen-bond acceptors (Lipinski definition) is 5. The van der Waals surface area contributed by atoms with Crippen LogP contribution < -0.4 is 10.9 Å². The summed E-state index contributed by atoms with van der Waals surface area (Å²) in [7, 11) is 1.67. The molecule has 0 saturated carbocycles. The molecule has 1 aliphatic rings. The van der Waals surface area contributed by atoms with Crippen LogP contribution in [-0.2, 0) is 17.3 Å². The van der Waals surface area contributed by atoms with Crippen LogP contribution in [0.1, 0.15) is 5.69 Å². The largest absolute Gasteiger partial charge is 0.376 e. The van der Waals surface area contributed by atoms with E-state index in [0.717, 1.165) is 5.69 Å². The third-order valence-electron chi connectivity index (χ3n) is 4.29. The first-order valence-electron chi connectivity index (χ1n) is 7.62. The molecule has 8 heteroatoms. The van der Waals surface area contributed by atoms with Crippen LogP contribution in [0.4, 0.5) is 5.69 Å². The molecule has 1 fully saturated rings. The monoisotopic (exact) mass is 376 g/mol. The molecule has 3 heterocycles. The van der Waals surface area contributed by atoms with E-state index in [1.807, 2.05) is 6.07 Å². The molecule has 6 nitrogen and oxygen atoms in total. The number of nitrogens with one attached hydrogen (secondary N) is 1. The van der Waals surface area contributed by atoms with Gasteiger partial charge >= 0.3 is 0 Å². The van der Waals surface area contributed by atoms with E-state index in [-0.39, 0.29) is 5.56 Å². The fourth-order valence-corrected chi connectivity index (χ4v) is 3.33. The lowest BCUT2D eigenvalue weighted by atomic mass is 9.91. The molecule has 1 N–H and O–H groups in total. The molecule has 0 unspecified atom stereocenters. The summed E-state index contributed by atoms with van der Waals surface area (Å²) in [4.78, 5) is 21.0. The molecular weight excluding hydrogens is 363 g/mol. The lowest BCUT2D eigenvalue weighted by molar-refractivity contribution is -0.0466. The maximum atomic E-state index is 12.3. The number of fused-ring (bicyclic) bond motifs is 1. The highest BCUT2D eigenvalue weighted by Crippen LogP contribution is 2.38. The van der Waals surface area contributed by atoms with Crippen molar-refractivity contribution < 1.29 is 4.74 Å². The van der Waals surface area contributed by atoms with Crippen molar-refractivity contribution >= 4 is 39.8 Å². The van der Waals surface area contributed by atoms with E-state index >= 15 is 0 Å². The summed E-state index contributed by atoms with van der Waals surface area (Å²) in [6, 6.07) is 7.10. The zero-order valence-corrected chi connectivity index (χ0v) is 14.8. The second-order valence-corrected chi connectivity index (χ2v) is 6.83. The number of aromatic nitrogens is 3. The number of ether oxygens (including phenoxy) is 1. The highest BCUT2D eigenvalue weighted by Gasteiger charge is 2.43. The minimum atomic E-state index is -0.580. The molecule has 0 aliphatic carbocycles. The minimum absolute atomic E-state index is 0.105. The SMILES string of the molecule is Cn1cnc2ccc(NC3(c4nccc(Cl)c4Cl)COC3)cc2c1=O. The Morgan fingerprint density at radius 3 is 2.76 bits per heavy atom. The van der Waals surface area contributed by atoms with Gasteiger partial charge in [-0.1, -0.05) is 23.2 Å². The molecule has 0 atom stereocenters. The lowest BCUT2D eigenvalue weighted by Gasteiger charge is -2.42. The number of halogens is 2. The quantitative estimate of drug-likeness (QED) is 0.760. The van der Waals surface area contributed by atoms with Crippen molar-refractivity contribution in [3.8, 4) is 0 Å². The molecule has 128 valence electrons.